The van der Waals surface area contributed by atoms with Gasteiger partial charge in [0.05, 0.1) is 30.1 Å². The van der Waals surface area contributed by atoms with Crippen molar-refractivity contribution in [2.24, 2.45) is 0 Å². The number of thiazole rings is 1. The first-order valence-electron chi connectivity index (χ1n) is 8.82. The SMILES string of the molecule is CCOC(=O)C(Cc1ccc(OCCc2nc(C)sc2C)cn1)OCC. The van der Waals surface area contributed by atoms with Crippen LogP contribution in [0.4, 0.5) is 0 Å². The van der Waals surface area contributed by atoms with E-state index in [0.717, 1.165) is 22.8 Å². The lowest BCUT2D eigenvalue weighted by atomic mass is 10.2. The third-order valence-corrected chi connectivity index (χ3v) is 4.65. The van der Waals surface area contributed by atoms with Crippen LogP contribution in [-0.2, 0) is 27.1 Å². The van der Waals surface area contributed by atoms with Crippen LogP contribution in [-0.4, -0.2) is 41.9 Å². The third-order valence-electron chi connectivity index (χ3n) is 3.72. The summed E-state index contributed by atoms with van der Waals surface area (Å²) in [5.41, 5.74) is 1.85. The van der Waals surface area contributed by atoms with Crippen LogP contribution < -0.4 is 4.74 Å². The fourth-order valence-electron chi connectivity index (χ4n) is 2.52. The van der Waals surface area contributed by atoms with Gasteiger partial charge in [-0.25, -0.2) is 9.78 Å². The van der Waals surface area contributed by atoms with Crippen LogP contribution in [0.15, 0.2) is 18.3 Å². The molecule has 1 atom stereocenters. The van der Waals surface area contributed by atoms with E-state index >= 15 is 0 Å². The number of rotatable bonds is 10. The number of carbonyl (C=O) groups excluding carboxylic acids is 1. The summed E-state index contributed by atoms with van der Waals surface area (Å²) in [6.07, 6.45) is 2.19. The molecule has 0 N–H and O–H groups in total. The second-order valence-electron chi connectivity index (χ2n) is 5.72. The van der Waals surface area contributed by atoms with Crippen molar-refractivity contribution in [3.63, 3.8) is 0 Å². The van der Waals surface area contributed by atoms with E-state index in [0.29, 0.717) is 32.0 Å². The Hall–Kier alpha value is -1.99. The van der Waals surface area contributed by atoms with Gasteiger partial charge in [-0.3, -0.25) is 4.98 Å². The first kappa shape index (κ1) is 20.3. The lowest BCUT2D eigenvalue weighted by Gasteiger charge is -2.15. The Bertz CT molecular complexity index is 700. The molecule has 0 aliphatic carbocycles. The highest BCUT2D eigenvalue weighted by Crippen LogP contribution is 2.18. The van der Waals surface area contributed by atoms with Crippen LogP contribution in [0.5, 0.6) is 5.75 Å². The highest BCUT2D eigenvalue weighted by molar-refractivity contribution is 7.11. The first-order valence-corrected chi connectivity index (χ1v) is 9.64. The summed E-state index contributed by atoms with van der Waals surface area (Å²) in [5.74, 6) is 0.341. The maximum absolute atomic E-state index is 11.9. The second-order valence-corrected chi connectivity index (χ2v) is 7.13. The molecule has 2 aromatic heterocycles. The summed E-state index contributed by atoms with van der Waals surface area (Å²) in [7, 11) is 0. The molecule has 0 spiro atoms. The van der Waals surface area contributed by atoms with Gasteiger partial charge in [0, 0.05) is 30.0 Å². The van der Waals surface area contributed by atoms with E-state index in [9.17, 15) is 4.79 Å². The third kappa shape index (κ3) is 6.07. The van der Waals surface area contributed by atoms with Crippen LogP contribution in [0, 0.1) is 13.8 Å². The molecular formula is C19H26N2O4S. The number of carbonyl (C=O) groups is 1. The fourth-order valence-corrected chi connectivity index (χ4v) is 3.39. The highest BCUT2D eigenvalue weighted by atomic mass is 32.1. The zero-order valence-corrected chi connectivity index (χ0v) is 16.6. The predicted octanol–water partition coefficient (Wildman–Crippen LogP) is 3.29. The maximum Gasteiger partial charge on any atom is 0.335 e. The molecule has 0 amide bonds. The monoisotopic (exact) mass is 378 g/mol. The van der Waals surface area contributed by atoms with Gasteiger partial charge in [0.15, 0.2) is 6.10 Å². The van der Waals surface area contributed by atoms with Crippen LogP contribution >= 0.6 is 11.3 Å². The number of nitrogens with zero attached hydrogens (tertiary/aromatic N) is 2. The van der Waals surface area contributed by atoms with Gasteiger partial charge in [0.2, 0.25) is 0 Å². The van der Waals surface area contributed by atoms with Crippen LogP contribution in [0.1, 0.15) is 35.1 Å². The van der Waals surface area contributed by atoms with Crippen molar-refractivity contribution in [2.45, 2.75) is 46.6 Å². The summed E-state index contributed by atoms with van der Waals surface area (Å²) in [6, 6.07) is 3.70. The largest absolute Gasteiger partial charge is 0.492 e. The van der Waals surface area contributed by atoms with Crippen LogP contribution in [0.25, 0.3) is 0 Å². The quantitative estimate of drug-likeness (QED) is 0.591. The van der Waals surface area contributed by atoms with Crippen molar-refractivity contribution >= 4 is 17.3 Å². The van der Waals surface area contributed by atoms with Crippen LogP contribution in [0.3, 0.4) is 0 Å². The number of hydrogen-bond donors (Lipinski definition) is 0. The normalized spacial score (nSPS) is 12.0. The number of aromatic nitrogens is 2. The summed E-state index contributed by atoms with van der Waals surface area (Å²) < 4.78 is 16.3. The minimum absolute atomic E-state index is 0.334. The van der Waals surface area contributed by atoms with E-state index in [1.54, 1.807) is 24.5 Å². The molecule has 0 saturated heterocycles. The van der Waals surface area contributed by atoms with E-state index in [2.05, 4.69) is 16.9 Å². The molecule has 2 aromatic rings. The summed E-state index contributed by atoms with van der Waals surface area (Å²) in [6.45, 7) is 9.04. The smallest absolute Gasteiger partial charge is 0.335 e. The van der Waals surface area contributed by atoms with Crippen LogP contribution in [0.2, 0.25) is 0 Å². The van der Waals surface area contributed by atoms with E-state index in [1.807, 2.05) is 26.0 Å². The molecule has 6 nitrogen and oxygen atoms in total. The summed E-state index contributed by atoms with van der Waals surface area (Å²) in [4.78, 5) is 22.0. The van der Waals surface area contributed by atoms with E-state index in [-0.39, 0.29) is 5.97 Å². The molecule has 2 rings (SSSR count). The Morgan fingerprint density at radius 3 is 2.62 bits per heavy atom. The standard InChI is InChI=1S/C19H26N2O4S/c1-5-23-18(19(22)24-6-2)11-15-7-8-16(12-20-15)25-10-9-17-13(3)26-14(4)21-17/h7-8,12,18H,5-6,9-11H2,1-4H3. The van der Waals surface area contributed by atoms with Crippen molar-refractivity contribution in [3.05, 3.63) is 39.6 Å². The fraction of sp³-hybridized carbons (Fsp3) is 0.526. The van der Waals surface area contributed by atoms with Gasteiger partial charge in [-0.1, -0.05) is 0 Å². The molecule has 26 heavy (non-hydrogen) atoms. The molecule has 2 heterocycles. The van der Waals surface area contributed by atoms with Gasteiger partial charge in [0.1, 0.15) is 5.75 Å². The molecule has 0 radical (unpaired) electrons. The maximum atomic E-state index is 11.9. The van der Waals surface area contributed by atoms with Gasteiger partial charge in [0.25, 0.3) is 0 Å². The summed E-state index contributed by atoms with van der Waals surface area (Å²) in [5, 5.41) is 1.08. The number of esters is 1. The van der Waals surface area contributed by atoms with Gasteiger partial charge in [-0.15, -0.1) is 11.3 Å². The first-order chi connectivity index (χ1) is 12.5. The van der Waals surface area contributed by atoms with E-state index in [1.165, 1.54) is 4.88 Å². The molecule has 142 valence electrons. The zero-order valence-electron chi connectivity index (χ0n) is 15.8. The number of aryl methyl sites for hydroxylation is 2. The Morgan fingerprint density at radius 2 is 2.04 bits per heavy atom. The molecule has 0 saturated carbocycles. The van der Waals surface area contributed by atoms with Gasteiger partial charge in [-0.05, 0) is 39.8 Å². The van der Waals surface area contributed by atoms with Crippen molar-refractivity contribution in [1.29, 1.82) is 0 Å². The Labute approximate surface area is 158 Å². The minimum atomic E-state index is -0.630. The van der Waals surface area contributed by atoms with Gasteiger partial charge >= 0.3 is 5.97 Å². The van der Waals surface area contributed by atoms with Crippen molar-refractivity contribution < 1.29 is 19.0 Å². The van der Waals surface area contributed by atoms with Crippen molar-refractivity contribution in [3.8, 4) is 5.75 Å². The lowest BCUT2D eigenvalue weighted by Crippen LogP contribution is -2.29. The lowest BCUT2D eigenvalue weighted by molar-refractivity contribution is -0.156. The van der Waals surface area contributed by atoms with Gasteiger partial charge < -0.3 is 14.2 Å². The van der Waals surface area contributed by atoms with Crippen molar-refractivity contribution in [2.75, 3.05) is 19.8 Å². The molecule has 0 bridgehead atoms. The average molecular weight is 378 g/mol. The van der Waals surface area contributed by atoms with Crippen molar-refractivity contribution in [1.82, 2.24) is 9.97 Å². The zero-order chi connectivity index (χ0) is 18.9. The molecule has 0 aliphatic heterocycles. The molecule has 1 unspecified atom stereocenters. The molecule has 0 aliphatic rings. The average Bonchev–Trinajstić information content (AvgIpc) is 2.93. The Kier molecular flexibility index (Phi) is 8.00. The highest BCUT2D eigenvalue weighted by Gasteiger charge is 2.21. The topological polar surface area (TPSA) is 70.5 Å². The van der Waals surface area contributed by atoms with E-state index in [4.69, 9.17) is 14.2 Å². The Morgan fingerprint density at radius 1 is 1.23 bits per heavy atom. The molecule has 0 aromatic carbocycles. The molecular weight excluding hydrogens is 352 g/mol. The van der Waals surface area contributed by atoms with Gasteiger partial charge in [-0.2, -0.15) is 0 Å². The Balaban J connectivity index is 1.86. The molecule has 7 heteroatoms. The van der Waals surface area contributed by atoms with E-state index < -0.39 is 6.10 Å². The number of hydrogen-bond acceptors (Lipinski definition) is 7. The summed E-state index contributed by atoms with van der Waals surface area (Å²) >= 11 is 1.70. The predicted molar refractivity (Wildman–Crippen MR) is 101 cm³/mol. The number of ether oxygens (including phenoxy) is 3. The number of pyridine rings is 1. The minimum Gasteiger partial charge on any atom is -0.492 e. The molecule has 0 fully saturated rings. The second kappa shape index (κ2) is 10.2.